The van der Waals surface area contributed by atoms with Crippen LogP contribution in [-0.4, -0.2) is 66.5 Å². The molecule has 0 aliphatic carbocycles. The van der Waals surface area contributed by atoms with Crippen LogP contribution in [0.1, 0.15) is 19.8 Å². The molecule has 0 spiro atoms. The summed E-state index contributed by atoms with van der Waals surface area (Å²) in [7, 11) is -3.22. The largest absolute Gasteiger partial charge is 0.480 e. The van der Waals surface area contributed by atoms with Crippen molar-refractivity contribution in [1.82, 2.24) is 9.21 Å². The van der Waals surface area contributed by atoms with Gasteiger partial charge in [-0.3, -0.25) is 9.59 Å². The van der Waals surface area contributed by atoms with Crippen molar-refractivity contribution >= 4 is 21.9 Å². The number of carbonyl (C=O) groups excluding carboxylic acids is 1. The number of carboxylic acid groups (broad SMARTS) is 1. The van der Waals surface area contributed by atoms with Crippen molar-refractivity contribution in [2.75, 3.05) is 31.9 Å². The van der Waals surface area contributed by atoms with Gasteiger partial charge in [-0.25, -0.2) is 12.7 Å². The third kappa shape index (κ3) is 4.82. The van der Waals surface area contributed by atoms with E-state index in [1.807, 2.05) is 0 Å². The summed E-state index contributed by atoms with van der Waals surface area (Å²) in [5.74, 6) is -1.60. The topological polar surface area (TPSA) is 95.0 Å². The Morgan fingerprint density at radius 2 is 1.95 bits per heavy atom. The fraction of sp³-hybridized carbons (Fsp3) is 0.692. The molecule has 1 saturated heterocycles. The SMILES string of the molecule is C=CCN(CC(=O)O)C(=O)C1CCN(S(=O)(=O)CC)CC1. The zero-order valence-corrected chi connectivity index (χ0v) is 13.0. The Morgan fingerprint density at radius 3 is 2.38 bits per heavy atom. The van der Waals surface area contributed by atoms with Gasteiger partial charge in [-0.1, -0.05) is 6.08 Å². The highest BCUT2D eigenvalue weighted by molar-refractivity contribution is 7.89. The van der Waals surface area contributed by atoms with Crippen LogP contribution >= 0.6 is 0 Å². The number of rotatable bonds is 7. The first-order valence-electron chi connectivity index (χ1n) is 6.91. The van der Waals surface area contributed by atoms with Crippen LogP contribution in [-0.2, 0) is 19.6 Å². The third-order valence-corrected chi connectivity index (χ3v) is 5.43. The van der Waals surface area contributed by atoms with Crippen LogP contribution in [0.4, 0.5) is 0 Å². The Hall–Kier alpha value is -1.41. The molecule has 7 nitrogen and oxygen atoms in total. The van der Waals surface area contributed by atoms with Crippen LogP contribution in [0.15, 0.2) is 12.7 Å². The number of sulfonamides is 1. The van der Waals surface area contributed by atoms with Crippen molar-refractivity contribution in [3.05, 3.63) is 12.7 Å². The highest BCUT2D eigenvalue weighted by atomic mass is 32.2. The maximum absolute atomic E-state index is 12.3. The van der Waals surface area contributed by atoms with E-state index in [9.17, 15) is 18.0 Å². The molecule has 0 atom stereocenters. The van der Waals surface area contributed by atoms with E-state index in [0.29, 0.717) is 25.9 Å². The lowest BCUT2D eigenvalue weighted by molar-refractivity contribution is -0.146. The minimum absolute atomic E-state index is 0.0488. The summed E-state index contributed by atoms with van der Waals surface area (Å²) >= 11 is 0. The number of carboxylic acids is 1. The minimum atomic E-state index is -3.22. The number of hydrogen-bond donors (Lipinski definition) is 1. The Kier molecular flexibility index (Phi) is 6.35. The number of piperidine rings is 1. The van der Waals surface area contributed by atoms with E-state index < -0.39 is 16.0 Å². The van der Waals surface area contributed by atoms with Gasteiger partial charge in [-0.2, -0.15) is 0 Å². The molecule has 0 saturated carbocycles. The second kappa shape index (κ2) is 7.56. The predicted molar refractivity (Wildman–Crippen MR) is 78.2 cm³/mol. The summed E-state index contributed by atoms with van der Waals surface area (Å²) in [6, 6.07) is 0. The molecule has 0 aromatic carbocycles. The molecule has 1 aliphatic heterocycles. The molecule has 1 heterocycles. The average Bonchev–Trinajstić information content (AvgIpc) is 2.45. The molecular weight excluding hydrogens is 296 g/mol. The number of hydrogen-bond acceptors (Lipinski definition) is 4. The smallest absolute Gasteiger partial charge is 0.323 e. The lowest BCUT2D eigenvalue weighted by Gasteiger charge is -2.32. The van der Waals surface area contributed by atoms with E-state index in [1.165, 1.54) is 15.3 Å². The van der Waals surface area contributed by atoms with E-state index in [1.54, 1.807) is 6.92 Å². The first-order chi connectivity index (χ1) is 9.81. The first-order valence-corrected chi connectivity index (χ1v) is 8.52. The molecule has 8 heteroatoms. The van der Waals surface area contributed by atoms with Gasteiger partial charge in [0.15, 0.2) is 0 Å². The second-order valence-electron chi connectivity index (χ2n) is 4.98. The molecule has 0 aromatic heterocycles. The molecule has 1 rings (SSSR count). The maximum Gasteiger partial charge on any atom is 0.323 e. The monoisotopic (exact) mass is 318 g/mol. The molecule has 1 N–H and O–H groups in total. The summed E-state index contributed by atoms with van der Waals surface area (Å²) < 4.78 is 24.9. The third-order valence-electron chi connectivity index (χ3n) is 3.55. The van der Waals surface area contributed by atoms with Crippen molar-refractivity contribution in [3.63, 3.8) is 0 Å². The number of aliphatic carboxylic acids is 1. The number of nitrogens with zero attached hydrogens (tertiary/aromatic N) is 2. The molecule has 0 aromatic rings. The van der Waals surface area contributed by atoms with Crippen molar-refractivity contribution in [1.29, 1.82) is 0 Å². The van der Waals surface area contributed by atoms with Gasteiger partial charge in [0.25, 0.3) is 0 Å². The van der Waals surface area contributed by atoms with Gasteiger partial charge in [-0.05, 0) is 19.8 Å². The fourth-order valence-corrected chi connectivity index (χ4v) is 3.51. The molecule has 1 aliphatic rings. The lowest BCUT2D eigenvalue weighted by atomic mass is 9.96. The summed E-state index contributed by atoms with van der Waals surface area (Å²) in [5.41, 5.74) is 0. The van der Waals surface area contributed by atoms with Crippen LogP contribution in [0.2, 0.25) is 0 Å². The van der Waals surface area contributed by atoms with Crippen molar-refractivity contribution in [3.8, 4) is 0 Å². The zero-order chi connectivity index (χ0) is 16.0. The summed E-state index contributed by atoms with van der Waals surface area (Å²) in [4.78, 5) is 24.3. The number of amides is 1. The van der Waals surface area contributed by atoms with Gasteiger partial charge in [0.2, 0.25) is 15.9 Å². The molecule has 1 fully saturated rings. The molecule has 1 amide bonds. The fourth-order valence-electron chi connectivity index (χ4n) is 2.37. The quantitative estimate of drug-likeness (QED) is 0.674. The summed E-state index contributed by atoms with van der Waals surface area (Å²) in [5, 5.41) is 8.82. The standard InChI is InChI=1S/C13H22N2O5S/c1-3-7-14(10-12(16)17)13(18)11-5-8-15(9-6-11)21(19,20)4-2/h3,11H,1,4-10H2,2H3,(H,16,17). The highest BCUT2D eigenvalue weighted by Gasteiger charge is 2.32. The summed E-state index contributed by atoms with van der Waals surface area (Å²) in [6.07, 6.45) is 2.33. The van der Waals surface area contributed by atoms with Gasteiger partial charge in [0, 0.05) is 25.6 Å². The Labute approximate surface area is 125 Å². The van der Waals surface area contributed by atoms with E-state index in [2.05, 4.69) is 6.58 Å². The van der Waals surface area contributed by atoms with Crippen molar-refractivity contribution in [2.24, 2.45) is 5.92 Å². The van der Waals surface area contributed by atoms with Gasteiger partial charge < -0.3 is 10.0 Å². The van der Waals surface area contributed by atoms with Gasteiger partial charge in [0.05, 0.1) is 5.75 Å². The summed E-state index contributed by atoms with van der Waals surface area (Å²) in [6.45, 7) is 5.54. The molecule has 21 heavy (non-hydrogen) atoms. The molecule has 0 bridgehead atoms. The van der Waals surface area contributed by atoms with E-state index in [-0.39, 0.29) is 30.7 Å². The van der Waals surface area contributed by atoms with E-state index in [0.717, 1.165) is 0 Å². The Bertz CT molecular complexity index is 495. The first kappa shape index (κ1) is 17.6. The molecule has 0 radical (unpaired) electrons. The van der Waals surface area contributed by atoms with Crippen LogP contribution in [0.25, 0.3) is 0 Å². The maximum atomic E-state index is 12.3. The van der Waals surface area contributed by atoms with Crippen LogP contribution < -0.4 is 0 Å². The minimum Gasteiger partial charge on any atom is -0.480 e. The predicted octanol–water partition coefficient (Wildman–Crippen LogP) is 0.147. The Morgan fingerprint density at radius 1 is 1.38 bits per heavy atom. The van der Waals surface area contributed by atoms with Crippen LogP contribution in [0.5, 0.6) is 0 Å². The number of carbonyl (C=O) groups is 2. The van der Waals surface area contributed by atoms with Gasteiger partial charge >= 0.3 is 5.97 Å². The lowest BCUT2D eigenvalue weighted by Crippen LogP contribution is -2.46. The molecule has 120 valence electrons. The Balaban J connectivity index is 2.65. The van der Waals surface area contributed by atoms with E-state index >= 15 is 0 Å². The van der Waals surface area contributed by atoms with E-state index in [4.69, 9.17) is 5.11 Å². The van der Waals surface area contributed by atoms with Crippen molar-refractivity contribution in [2.45, 2.75) is 19.8 Å². The van der Waals surface area contributed by atoms with Gasteiger partial charge in [0.1, 0.15) is 6.54 Å². The highest BCUT2D eigenvalue weighted by Crippen LogP contribution is 2.22. The average molecular weight is 318 g/mol. The van der Waals surface area contributed by atoms with Gasteiger partial charge in [-0.15, -0.1) is 6.58 Å². The normalized spacial score (nSPS) is 17.4. The zero-order valence-electron chi connectivity index (χ0n) is 12.2. The second-order valence-corrected chi connectivity index (χ2v) is 7.23. The molecule has 0 unspecified atom stereocenters. The molecular formula is C13H22N2O5S. The van der Waals surface area contributed by atoms with Crippen LogP contribution in [0, 0.1) is 5.92 Å². The van der Waals surface area contributed by atoms with Crippen molar-refractivity contribution < 1.29 is 23.1 Å². The van der Waals surface area contributed by atoms with Crippen LogP contribution in [0.3, 0.4) is 0 Å².